The van der Waals surface area contributed by atoms with E-state index >= 15 is 0 Å². The summed E-state index contributed by atoms with van der Waals surface area (Å²) in [6.07, 6.45) is 3.45. The number of ether oxygens (including phenoxy) is 1. The van der Waals surface area contributed by atoms with Crippen molar-refractivity contribution in [3.05, 3.63) is 89.7 Å². The zero-order chi connectivity index (χ0) is 25.7. The van der Waals surface area contributed by atoms with Crippen LogP contribution in [-0.2, 0) is 10.2 Å². The van der Waals surface area contributed by atoms with Crippen LogP contribution in [0.3, 0.4) is 0 Å². The Bertz CT molecular complexity index is 1220. The summed E-state index contributed by atoms with van der Waals surface area (Å²) in [5, 5.41) is 16.8. The lowest BCUT2D eigenvalue weighted by Crippen LogP contribution is -2.38. The maximum atomic E-state index is 6.70. The molecule has 37 heavy (non-hydrogen) atoms. The van der Waals surface area contributed by atoms with Gasteiger partial charge in [-0.15, -0.1) is 15.3 Å². The second-order valence-electron chi connectivity index (χ2n) is 10.9. The molecule has 2 aromatic carbocycles. The van der Waals surface area contributed by atoms with Crippen molar-refractivity contribution in [1.29, 1.82) is 0 Å². The van der Waals surface area contributed by atoms with E-state index in [9.17, 15) is 0 Å². The SMILES string of the molecule is CC(C)(C)c1nnc2ccc(NCCCN3CCC(OC(c4ccccc4)c4ccccc4)CC3)nn12. The van der Waals surface area contributed by atoms with Gasteiger partial charge in [-0.1, -0.05) is 81.4 Å². The molecule has 4 aromatic rings. The molecule has 1 saturated heterocycles. The average Bonchev–Trinajstić information content (AvgIpc) is 3.36. The number of hydrogen-bond donors (Lipinski definition) is 1. The van der Waals surface area contributed by atoms with Gasteiger partial charge in [0.1, 0.15) is 11.9 Å². The van der Waals surface area contributed by atoms with Crippen LogP contribution in [0.1, 0.15) is 63.1 Å². The van der Waals surface area contributed by atoms with Gasteiger partial charge < -0.3 is 15.0 Å². The van der Waals surface area contributed by atoms with E-state index in [4.69, 9.17) is 9.84 Å². The summed E-state index contributed by atoms with van der Waals surface area (Å²) >= 11 is 0. The largest absolute Gasteiger partial charge is 0.369 e. The van der Waals surface area contributed by atoms with Crippen molar-refractivity contribution < 1.29 is 4.74 Å². The predicted octanol–water partition coefficient (Wildman–Crippen LogP) is 5.49. The first kappa shape index (κ1) is 25.4. The zero-order valence-corrected chi connectivity index (χ0v) is 22.2. The molecule has 3 heterocycles. The molecular weight excluding hydrogens is 460 g/mol. The summed E-state index contributed by atoms with van der Waals surface area (Å²) < 4.78 is 8.55. The second-order valence-corrected chi connectivity index (χ2v) is 10.9. The Morgan fingerprint density at radius 1 is 0.892 bits per heavy atom. The highest BCUT2D eigenvalue weighted by Gasteiger charge is 2.25. The third kappa shape index (κ3) is 6.35. The first-order valence-corrected chi connectivity index (χ1v) is 13.4. The predicted molar refractivity (Wildman–Crippen MR) is 148 cm³/mol. The standard InChI is InChI=1S/C30H38N6O/c1-30(2,3)29-33-32-27-16-15-26(34-36(27)29)31-19-10-20-35-21-17-25(18-22-35)37-28(23-11-6-4-7-12-23)24-13-8-5-9-14-24/h4-9,11-16,25,28H,10,17-22H2,1-3H3,(H,31,34). The third-order valence-corrected chi connectivity index (χ3v) is 6.96. The Morgan fingerprint density at radius 3 is 2.16 bits per heavy atom. The number of hydrogen-bond acceptors (Lipinski definition) is 6. The first-order valence-electron chi connectivity index (χ1n) is 13.4. The van der Waals surface area contributed by atoms with Gasteiger partial charge in [0.25, 0.3) is 0 Å². The molecule has 0 saturated carbocycles. The first-order chi connectivity index (χ1) is 18.0. The fraction of sp³-hybridized carbons (Fsp3) is 0.433. The zero-order valence-electron chi connectivity index (χ0n) is 22.2. The summed E-state index contributed by atoms with van der Waals surface area (Å²) in [5.41, 5.74) is 3.11. The fourth-order valence-electron chi connectivity index (χ4n) is 4.94. The highest BCUT2D eigenvalue weighted by atomic mass is 16.5. The van der Waals surface area contributed by atoms with Gasteiger partial charge in [-0.3, -0.25) is 0 Å². The monoisotopic (exact) mass is 498 g/mol. The molecule has 194 valence electrons. The molecule has 0 spiro atoms. The molecule has 2 aromatic heterocycles. The van der Waals surface area contributed by atoms with Crippen molar-refractivity contribution >= 4 is 11.5 Å². The van der Waals surface area contributed by atoms with Crippen molar-refractivity contribution in [1.82, 2.24) is 24.7 Å². The van der Waals surface area contributed by atoms with Crippen molar-refractivity contribution in [3.8, 4) is 0 Å². The molecule has 0 amide bonds. The second kappa shape index (κ2) is 11.4. The van der Waals surface area contributed by atoms with Crippen LogP contribution < -0.4 is 5.32 Å². The molecule has 1 fully saturated rings. The van der Waals surface area contributed by atoms with Gasteiger partial charge in [0, 0.05) is 25.0 Å². The molecule has 7 nitrogen and oxygen atoms in total. The summed E-state index contributed by atoms with van der Waals surface area (Å²) in [6, 6.07) is 25.1. The maximum absolute atomic E-state index is 6.70. The van der Waals surface area contributed by atoms with Crippen LogP contribution in [0.4, 0.5) is 5.82 Å². The van der Waals surface area contributed by atoms with Crippen molar-refractivity contribution in [3.63, 3.8) is 0 Å². The Balaban J connectivity index is 1.09. The third-order valence-electron chi connectivity index (χ3n) is 6.96. The van der Waals surface area contributed by atoms with Crippen LogP contribution in [0.5, 0.6) is 0 Å². The topological polar surface area (TPSA) is 67.6 Å². The van der Waals surface area contributed by atoms with E-state index in [1.807, 2.05) is 16.6 Å². The molecule has 0 aliphatic carbocycles. The lowest BCUT2D eigenvalue weighted by Gasteiger charge is -2.34. The summed E-state index contributed by atoms with van der Waals surface area (Å²) in [4.78, 5) is 2.55. The van der Waals surface area contributed by atoms with Gasteiger partial charge in [0.05, 0.1) is 6.10 Å². The van der Waals surface area contributed by atoms with E-state index in [0.29, 0.717) is 0 Å². The Kier molecular flexibility index (Phi) is 7.82. The van der Waals surface area contributed by atoms with E-state index in [1.165, 1.54) is 11.1 Å². The van der Waals surface area contributed by atoms with E-state index in [0.717, 1.165) is 62.7 Å². The maximum Gasteiger partial charge on any atom is 0.178 e. The van der Waals surface area contributed by atoms with E-state index in [1.54, 1.807) is 0 Å². The molecule has 1 aliphatic heterocycles. The summed E-state index contributed by atoms with van der Waals surface area (Å²) in [7, 11) is 0. The normalized spacial score (nSPS) is 15.5. The summed E-state index contributed by atoms with van der Waals surface area (Å²) in [5.74, 6) is 1.73. The van der Waals surface area contributed by atoms with Gasteiger partial charge in [-0.25, -0.2) is 0 Å². The van der Waals surface area contributed by atoms with Crippen LogP contribution in [0, 0.1) is 0 Å². The van der Waals surface area contributed by atoms with E-state index in [-0.39, 0.29) is 17.6 Å². The van der Waals surface area contributed by atoms with Crippen molar-refractivity contribution in [2.24, 2.45) is 0 Å². The molecule has 0 bridgehead atoms. The Hall–Kier alpha value is -3.29. The van der Waals surface area contributed by atoms with Crippen molar-refractivity contribution in [2.45, 2.75) is 57.7 Å². The van der Waals surface area contributed by atoms with Gasteiger partial charge in [0.2, 0.25) is 0 Å². The number of rotatable bonds is 9. The highest BCUT2D eigenvalue weighted by Crippen LogP contribution is 2.30. The van der Waals surface area contributed by atoms with Gasteiger partial charge in [-0.2, -0.15) is 4.52 Å². The molecular formula is C30H38N6O. The number of nitrogens with zero attached hydrogens (tertiary/aromatic N) is 5. The van der Waals surface area contributed by atoms with Gasteiger partial charge >= 0.3 is 0 Å². The van der Waals surface area contributed by atoms with Crippen LogP contribution in [0.25, 0.3) is 5.65 Å². The molecule has 0 radical (unpaired) electrons. The average molecular weight is 499 g/mol. The molecule has 0 atom stereocenters. The number of likely N-dealkylation sites (tertiary alicyclic amines) is 1. The fourth-order valence-corrected chi connectivity index (χ4v) is 4.94. The van der Waals surface area contributed by atoms with Crippen LogP contribution >= 0.6 is 0 Å². The van der Waals surface area contributed by atoms with Gasteiger partial charge in [-0.05, 0) is 49.1 Å². The highest BCUT2D eigenvalue weighted by molar-refractivity contribution is 5.44. The van der Waals surface area contributed by atoms with Gasteiger partial charge in [0.15, 0.2) is 11.5 Å². The lowest BCUT2D eigenvalue weighted by molar-refractivity contribution is -0.0269. The van der Waals surface area contributed by atoms with E-state index < -0.39 is 0 Å². The number of fused-ring (bicyclic) bond motifs is 1. The molecule has 1 N–H and O–H groups in total. The molecule has 1 aliphatic rings. The number of anilines is 1. The smallest absolute Gasteiger partial charge is 0.178 e. The minimum atomic E-state index is -0.108. The number of piperidine rings is 1. The van der Waals surface area contributed by atoms with E-state index in [2.05, 4.69) is 102 Å². The molecule has 5 rings (SSSR count). The number of nitrogens with one attached hydrogen (secondary N) is 1. The summed E-state index contributed by atoms with van der Waals surface area (Å²) in [6.45, 7) is 10.5. The lowest BCUT2D eigenvalue weighted by atomic mass is 9.96. The minimum Gasteiger partial charge on any atom is -0.369 e. The van der Waals surface area contributed by atoms with Crippen LogP contribution in [-0.4, -0.2) is 57.0 Å². The Labute approximate surface area is 219 Å². The molecule has 7 heteroatoms. The Morgan fingerprint density at radius 2 is 1.54 bits per heavy atom. The van der Waals surface area contributed by atoms with Crippen LogP contribution in [0.2, 0.25) is 0 Å². The number of aromatic nitrogens is 4. The number of benzene rings is 2. The minimum absolute atomic E-state index is 0.0162. The van der Waals surface area contributed by atoms with Crippen LogP contribution in [0.15, 0.2) is 72.8 Å². The molecule has 0 unspecified atom stereocenters. The quantitative estimate of drug-likeness (QED) is 0.308. The van der Waals surface area contributed by atoms with Crippen molar-refractivity contribution in [2.75, 3.05) is 31.5 Å².